The number of benzene rings is 1. The monoisotopic (exact) mass is 304 g/mol. The van der Waals surface area contributed by atoms with Gasteiger partial charge in [0, 0.05) is 26.2 Å². The van der Waals surface area contributed by atoms with Crippen LogP contribution in [0.1, 0.15) is 32.3 Å². The fourth-order valence-corrected chi connectivity index (χ4v) is 2.80. The highest BCUT2D eigenvalue weighted by Gasteiger charge is 2.27. The topological polar surface area (TPSA) is 32.8 Å². The molecular weight excluding hydrogens is 276 g/mol. The number of aryl methyl sites for hydroxylation is 1. The van der Waals surface area contributed by atoms with Crippen LogP contribution in [0.4, 0.5) is 0 Å². The summed E-state index contributed by atoms with van der Waals surface area (Å²) in [5.41, 5.74) is 1.19. The normalized spacial score (nSPS) is 17.3. The van der Waals surface area contributed by atoms with E-state index in [1.54, 1.807) is 0 Å². The van der Waals surface area contributed by atoms with Gasteiger partial charge < -0.3 is 9.64 Å². The molecule has 1 saturated heterocycles. The Morgan fingerprint density at radius 2 is 1.77 bits per heavy atom. The van der Waals surface area contributed by atoms with Crippen LogP contribution >= 0.6 is 0 Å². The molecule has 1 atom stereocenters. The van der Waals surface area contributed by atoms with Gasteiger partial charge >= 0.3 is 0 Å². The van der Waals surface area contributed by atoms with E-state index in [1.165, 1.54) is 12.0 Å². The molecule has 0 spiro atoms. The number of ether oxygens (including phenoxy) is 1. The summed E-state index contributed by atoms with van der Waals surface area (Å²) < 4.78 is 5.90. The van der Waals surface area contributed by atoms with E-state index in [0.29, 0.717) is 6.42 Å². The van der Waals surface area contributed by atoms with Gasteiger partial charge in [0.05, 0.1) is 0 Å². The van der Waals surface area contributed by atoms with Crippen LogP contribution in [-0.2, 0) is 4.79 Å². The molecule has 0 unspecified atom stereocenters. The third kappa shape index (κ3) is 4.47. The summed E-state index contributed by atoms with van der Waals surface area (Å²) in [6.45, 7) is 10.9. The second-order valence-electron chi connectivity index (χ2n) is 5.99. The number of hydrogen-bond donors (Lipinski definition) is 0. The largest absolute Gasteiger partial charge is 0.481 e. The molecule has 0 aromatic heterocycles. The SMILES string of the molecule is CCCN1CCN(C(=O)[C@@H](CC)Oc2ccc(C)cc2)CC1. The van der Waals surface area contributed by atoms with Crippen molar-refractivity contribution in [1.29, 1.82) is 0 Å². The highest BCUT2D eigenvalue weighted by Crippen LogP contribution is 2.16. The maximum atomic E-state index is 12.6. The van der Waals surface area contributed by atoms with Crippen LogP contribution in [0.25, 0.3) is 0 Å². The highest BCUT2D eigenvalue weighted by molar-refractivity contribution is 5.81. The second-order valence-corrected chi connectivity index (χ2v) is 5.99. The first-order valence-corrected chi connectivity index (χ1v) is 8.38. The quantitative estimate of drug-likeness (QED) is 0.810. The summed E-state index contributed by atoms with van der Waals surface area (Å²) in [6, 6.07) is 7.89. The zero-order valence-corrected chi connectivity index (χ0v) is 14.0. The maximum Gasteiger partial charge on any atom is 0.263 e. The number of piperazine rings is 1. The molecule has 4 heteroatoms. The van der Waals surface area contributed by atoms with E-state index < -0.39 is 0 Å². The van der Waals surface area contributed by atoms with Crippen molar-refractivity contribution in [2.45, 2.75) is 39.7 Å². The van der Waals surface area contributed by atoms with Gasteiger partial charge in [-0.1, -0.05) is 31.5 Å². The molecule has 22 heavy (non-hydrogen) atoms. The lowest BCUT2D eigenvalue weighted by molar-refractivity contribution is -0.140. The molecular formula is C18H28N2O2. The summed E-state index contributed by atoms with van der Waals surface area (Å²) in [5.74, 6) is 0.898. The van der Waals surface area contributed by atoms with E-state index in [0.717, 1.165) is 38.5 Å². The number of carbonyl (C=O) groups excluding carboxylic acids is 1. The molecule has 1 aliphatic rings. The van der Waals surface area contributed by atoms with Crippen LogP contribution < -0.4 is 4.74 Å². The Bertz CT molecular complexity index is 464. The van der Waals surface area contributed by atoms with E-state index >= 15 is 0 Å². The van der Waals surface area contributed by atoms with Crippen molar-refractivity contribution in [2.75, 3.05) is 32.7 Å². The molecule has 0 radical (unpaired) electrons. The Hall–Kier alpha value is -1.55. The Kier molecular flexibility index (Phi) is 6.25. The van der Waals surface area contributed by atoms with Gasteiger partial charge in [0.15, 0.2) is 6.10 Å². The van der Waals surface area contributed by atoms with Gasteiger partial charge in [-0.05, 0) is 38.4 Å². The maximum absolute atomic E-state index is 12.6. The Balaban J connectivity index is 1.90. The van der Waals surface area contributed by atoms with Gasteiger partial charge in [-0.3, -0.25) is 9.69 Å². The molecule has 4 nitrogen and oxygen atoms in total. The molecule has 1 amide bonds. The summed E-state index contributed by atoms with van der Waals surface area (Å²) in [4.78, 5) is 17.0. The smallest absolute Gasteiger partial charge is 0.263 e. The number of amides is 1. The van der Waals surface area contributed by atoms with Crippen molar-refractivity contribution in [1.82, 2.24) is 9.80 Å². The fraction of sp³-hybridized carbons (Fsp3) is 0.611. The Morgan fingerprint density at radius 3 is 2.32 bits per heavy atom. The van der Waals surface area contributed by atoms with Gasteiger partial charge in [-0.25, -0.2) is 0 Å². The zero-order valence-electron chi connectivity index (χ0n) is 14.0. The van der Waals surface area contributed by atoms with Gasteiger partial charge in [-0.2, -0.15) is 0 Å². The van der Waals surface area contributed by atoms with Crippen LogP contribution in [0.2, 0.25) is 0 Å². The molecule has 1 fully saturated rings. The first-order chi connectivity index (χ1) is 10.6. The predicted molar refractivity (Wildman–Crippen MR) is 89.2 cm³/mol. The average molecular weight is 304 g/mol. The lowest BCUT2D eigenvalue weighted by Crippen LogP contribution is -2.52. The Labute approximate surface area is 134 Å². The summed E-state index contributed by atoms with van der Waals surface area (Å²) >= 11 is 0. The van der Waals surface area contributed by atoms with E-state index in [2.05, 4.69) is 11.8 Å². The molecule has 0 bridgehead atoms. The fourth-order valence-electron chi connectivity index (χ4n) is 2.80. The molecule has 1 aliphatic heterocycles. The number of nitrogens with zero attached hydrogens (tertiary/aromatic N) is 2. The lowest BCUT2D eigenvalue weighted by Gasteiger charge is -2.36. The zero-order chi connectivity index (χ0) is 15.9. The van der Waals surface area contributed by atoms with Crippen molar-refractivity contribution in [3.8, 4) is 5.75 Å². The van der Waals surface area contributed by atoms with E-state index in [-0.39, 0.29) is 12.0 Å². The van der Waals surface area contributed by atoms with Crippen molar-refractivity contribution in [3.63, 3.8) is 0 Å². The van der Waals surface area contributed by atoms with Gasteiger partial charge in [0.2, 0.25) is 0 Å². The number of carbonyl (C=O) groups is 1. The molecule has 1 aromatic carbocycles. The summed E-state index contributed by atoms with van der Waals surface area (Å²) in [7, 11) is 0. The van der Waals surface area contributed by atoms with Crippen LogP contribution in [0.3, 0.4) is 0 Å². The molecule has 0 aliphatic carbocycles. The van der Waals surface area contributed by atoms with E-state index in [9.17, 15) is 4.79 Å². The van der Waals surface area contributed by atoms with Crippen LogP contribution in [0.15, 0.2) is 24.3 Å². The average Bonchev–Trinajstić information content (AvgIpc) is 2.55. The first kappa shape index (κ1) is 16.8. The van der Waals surface area contributed by atoms with Crippen molar-refractivity contribution in [3.05, 3.63) is 29.8 Å². The number of hydrogen-bond acceptors (Lipinski definition) is 3. The van der Waals surface area contributed by atoms with Gasteiger partial charge in [-0.15, -0.1) is 0 Å². The van der Waals surface area contributed by atoms with Crippen molar-refractivity contribution in [2.24, 2.45) is 0 Å². The molecule has 0 saturated carbocycles. The lowest BCUT2D eigenvalue weighted by atomic mass is 10.2. The van der Waals surface area contributed by atoms with Crippen LogP contribution in [0, 0.1) is 6.92 Å². The summed E-state index contributed by atoms with van der Waals surface area (Å²) in [6.07, 6.45) is 1.49. The van der Waals surface area contributed by atoms with Crippen LogP contribution in [-0.4, -0.2) is 54.5 Å². The van der Waals surface area contributed by atoms with E-state index in [4.69, 9.17) is 4.74 Å². The minimum atomic E-state index is -0.375. The van der Waals surface area contributed by atoms with Gasteiger partial charge in [0.1, 0.15) is 5.75 Å². The van der Waals surface area contributed by atoms with E-state index in [1.807, 2.05) is 43.0 Å². The summed E-state index contributed by atoms with van der Waals surface area (Å²) in [5, 5.41) is 0. The number of rotatable bonds is 6. The van der Waals surface area contributed by atoms with Crippen molar-refractivity contribution < 1.29 is 9.53 Å². The highest BCUT2D eigenvalue weighted by atomic mass is 16.5. The minimum absolute atomic E-state index is 0.124. The third-order valence-electron chi connectivity index (χ3n) is 4.17. The third-order valence-corrected chi connectivity index (χ3v) is 4.17. The Morgan fingerprint density at radius 1 is 1.14 bits per heavy atom. The van der Waals surface area contributed by atoms with Crippen molar-refractivity contribution >= 4 is 5.91 Å². The molecule has 1 aromatic rings. The standard InChI is InChI=1S/C18H28N2O2/c1-4-10-19-11-13-20(14-12-19)18(21)17(5-2)22-16-8-6-15(3)7-9-16/h6-9,17H,4-5,10-14H2,1-3H3/t17-/m1/s1. The van der Waals surface area contributed by atoms with Gasteiger partial charge in [0.25, 0.3) is 5.91 Å². The first-order valence-electron chi connectivity index (χ1n) is 8.38. The molecule has 122 valence electrons. The predicted octanol–water partition coefficient (Wildman–Crippen LogP) is 2.71. The molecule has 2 rings (SSSR count). The van der Waals surface area contributed by atoms with Crippen LogP contribution in [0.5, 0.6) is 5.75 Å². The second kappa shape index (κ2) is 8.18. The minimum Gasteiger partial charge on any atom is -0.481 e. The molecule has 1 heterocycles. The molecule has 0 N–H and O–H groups in total.